The van der Waals surface area contributed by atoms with Crippen molar-refractivity contribution in [2.45, 2.75) is 88.0 Å². The molecule has 1 spiro atoms. The fourth-order valence-corrected chi connectivity index (χ4v) is 6.06. The zero-order valence-electron chi connectivity index (χ0n) is 14.0. The number of nitrogens with one attached hydrogen (secondary N) is 1. The lowest BCUT2D eigenvalue weighted by molar-refractivity contribution is -0.150. The molecular formula is C18H33NOS. The first-order valence-electron chi connectivity index (χ1n) is 9.15. The van der Waals surface area contributed by atoms with Gasteiger partial charge in [0.2, 0.25) is 0 Å². The standard InChI is InChI=1S/C18H33NOS/c1-3-20-16-13-15(18(16)11-5-4-6-12-18)19-14-17(21-2)9-7-8-10-17/h15-16,19H,3-14H2,1-2H3. The summed E-state index contributed by atoms with van der Waals surface area (Å²) in [5, 5.41) is 4.00. The van der Waals surface area contributed by atoms with Crippen LogP contribution in [-0.4, -0.2) is 36.3 Å². The molecule has 21 heavy (non-hydrogen) atoms. The van der Waals surface area contributed by atoms with Crippen LogP contribution in [0.3, 0.4) is 0 Å². The van der Waals surface area contributed by atoms with Gasteiger partial charge in [-0.15, -0.1) is 0 Å². The van der Waals surface area contributed by atoms with Crippen molar-refractivity contribution in [2.75, 3.05) is 19.4 Å². The highest BCUT2D eigenvalue weighted by Crippen LogP contribution is 2.53. The van der Waals surface area contributed by atoms with E-state index >= 15 is 0 Å². The quantitative estimate of drug-likeness (QED) is 0.786. The van der Waals surface area contributed by atoms with Gasteiger partial charge >= 0.3 is 0 Å². The molecule has 3 saturated carbocycles. The number of hydrogen-bond donors (Lipinski definition) is 1. The molecule has 1 N–H and O–H groups in total. The maximum atomic E-state index is 6.08. The lowest BCUT2D eigenvalue weighted by Gasteiger charge is -2.58. The second kappa shape index (κ2) is 6.80. The molecule has 0 aromatic heterocycles. The highest BCUT2D eigenvalue weighted by molar-refractivity contribution is 8.00. The summed E-state index contributed by atoms with van der Waals surface area (Å²) in [5.74, 6) is 0. The summed E-state index contributed by atoms with van der Waals surface area (Å²) in [5.41, 5.74) is 0.479. The molecule has 0 amide bonds. The van der Waals surface area contributed by atoms with Gasteiger partial charge in [0.15, 0.2) is 0 Å². The van der Waals surface area contributed by atoms with Crippen LogP contribution < -0.4 is 5.32 Å². The van der Waals surface area contributed by atoms with Crippen molar-refractivity contribution in [3.8, 4) is 0 Å². The Morgan fingerprint density at radius 1 is 1.05 bits per heavy atom. The third-order valence-electron chi connectivity index (χ3n) is 6.56. The van der Waals surface area contributed by atoms with Gasteiger partial charge in [-0.3, -0.25) is 0 Å². The summed E-state index contributed by atoms with van der Waals surface area (Å²) in [6.07, 6.45) is 16.8. The Hall–Kier alpha value is 0.270. The summed E-state index contributed by atoms with van der Waals surface area (Å²) < 4.78 is 6.61. The molecule has 122 valence electrons. The molecule has 0 heterocycles. The Balaban J connectivity index is 1.59. The number of ether oxygens (including phenoxy) is 1. The van der Waals surface area contributed by atoms with E-state index < -0.39 is 0 Å². The van der Waals surface area contributed by atoms with Gasteiger partial charge in [0, 0.05) is 29.4 Å². The largest absolute Gasteiger partial charge is 0.378 e. The van der Waals surface area contributed by atoms with Crippen molar-refractivity contribution in [3.05, 3.63) is 0 Å². The fraction of sp³-hybridized carbons (Fsp3) is 1.00. The molecule has 3 aliphatic carbocycles. The van der Waals surface area contributed by atoms with Crippen LogP contribution in [0, 0.1) is 5.41 Å². The smallest absolute Gasteiger partial charge is 0.0661 e. The minimum Gasteiger partial charge on any atom is -0.378 e. The summed E-state index contributed by atoms with van der Waals surface area (Å²) in [6.45, 7) is 4.26. The molecule has 0 saturated heterocycles. The van der Waals surface area contributed by atoms with Gasteiger partial charge in [-0.2, -0.15) is 11.8 Å². The molecule has 0 aromatic rings. The van der Waals surface area contributed by atoms with E-state index in [-0.39, 0.29) is 0 Å². The van der Waals surface area contributed by atoms with E-state index in [1.54, 1.807) is 0 Å². The van der Waals surface area contributed by atoms with E-state index in [2.05, 4.69) is 30.3 Å². The predicted octanol–water partition coefficient (Wildman–Crippen LogP) is 4.38. The molecule has 0 bridgehead atoms. The maximum absolute atomic E-state index is 6.08. The van der Waals surface area contributed by atoms with Crippen molar-refractivity contribution < 1.29 is 4.74 Å². The van der Waals surface area contributed by atoms with Crippen LogP contribution in [0.1, 0.15) is 71.1 Å². The van der Waals surface area contributed by atoms with E-state index in [1.165, 1.54) is 70.8 Å². The molecule has 2 nitrogen and oxygen atoms in total. The topological polar surface area (TPSA) is 21.3 Å². The Morgan fingerprint density at radius 3 is 2.33 bits per heavy atom. The zero-order valence-corrected chi connectivity index (χ0v) is 14.8. The monoisotopic (exact) mass is 311 g/mol. The van der Waals surface area contributed by atoms with Gasteiger partial charge in [-0.05, 0) is 45.3 Å². The molecule has 3 aliphatic rings. The normalized spacial score (nSPS) is 34.0. The third-order valence-corrected chi connectivity index (χ3v) is 7.97. The summed E-state index contributed by atoms with van der Waals surface area (Å²) in [6, 6.07) is 0.721. The van der Waals surface area contributed by atoms with Crippen molar-refractivity contribution in [3.63, 3.8) is 0 Å². The predicted molar refractivity (Wildman–Crippen MR) is 92.1 cm³/mol. The van der Waals surface area contributed by atoms with E-state index in [0.717, 1.165) is 12.6 Å². The molecule has 0 radical (unpaired) electrons. The molecule has 2 atom stereocenters. The average Bonchev–Trinajstić information content (AvgIpc) is 3.00. The lowest BCUT2D eigenvalue weighted by Crippen LogP contribution is -2.65. The second-order valence-corrected chi connectivity index (χ2v) is 8.78. The van der Waals surface area contributed by atoms with E-state index in [9.17, 15) is 0 Å². The van der Waals surface area contributed by atoms with Crippen LogP contribution in [0.15, 0.2) is 0 Å². The first-order valence-corrected chi connectivity index (χ1v) is 10.4. The van der Waals surface area contributed by atoms with Crippen molar-refractivity contribution in [2.24, 2.45) is 5.41 Å². The minimum absolute atomic E-state index is 0.479. The van der Waals surface area contributed by atoms with Crippen LogP contribution in [-0.2, 0) is 4.74 Å². The Bertz CT molecular complexity index is 334. The molecule has 0 aliphatic heterocycles. The highest BCUT2D eigenvalue weighted by atomic mass is 32.2. The van der Waals surface area contributed by atoms with Gasteiger partial charge in [0.05, 0.1) is 6.10 Å². The summed E-state index contributed by atoms with van der Waals surface area (Å²) in [7, 11) is 0. The van der Waals surface area contributed by atoms with Gasteiger partial charge in [0.1, 0.15) is 0 Å². The SMILES string of the molecule is CCOC1CC(NCC2(SC)CCCC2)C12CCCCC2. The molecular weight excluding hydrogens is 278 g/mol. The summed E-state index contributed by atoms with van der Waals surface area (Å²) >= 11 is 2.11. The number of thioether (sulfide) groups is 1. The first kappa shape index (κ1) is 16.1. The lowest BCUT2D eigenvalue weighted by atomic mass is 9.55. The second-order valence-electron chi connectivity index (χ2n) is 7.50. The zero-order chi connectivity index (χ0) is 14.8. The minimum atomic E-state index is 0.479. The average molecular weight is 312 g/mol. The first-order chi connectivity index (χ1) is 10.2. The van der Waals surface area contributed by atoms with Crippen LogP contribution >= 0.6 is 11.8 Å². The van der Waals surface area contributed by atoms with Crippen molar-refractivity contribution in [1.29, 1.82) is 0 Å². The third kappa shape index (κ3) is 3.03. The Morgan fingerprint density at radius 2 is 1.71 bits per heavy atom. The summed E-state index contributed by atoms with van der Waals surface area (Å²) in [4.78, 5) is 0. The van der Waals surface area contributed by atoms with Crippen LogP contribution in [0.4, 0.5) is 0 Å². The molecule has 2 unspecified atom stereocenters. The maximum Gasteiger partial charge on any atom is 0.0661 e. The van der Waals surface area contributed by atoms with Crippen LogP contribution in [0.2, 0.25) is 0 Å². The molecule has 0 aromatic carbocycles. The van der Waals surface area contributed by atoms with Gasteiger partial charge in [-0.25, -0.2) is 0 Å². The van der Waals surface area contributed by atoms with Gasteiger partial charge < -0.3 is 10.1 Å². The highest BCUT2D eigenvalue weighted by Gasteiger charge is 2.55. The van der Waals surface area contributed by atoms with Crippen LogP contribution in [0.5, 0.6) is 0 Å². The number of hydrogen-bond acceptors (Lipinski definition) is 3. The Labute approximate surface area is 135 Å². The van der Waals surface area contributed by atoms with Crippen LogP contribution in [0.25, 0.3) is 0 Å². The van der Waals surface area contributed by atoms with Crippen molar-refractivity contribution >= 4 is 11.8 Å². The Kier molecular flexibility index (Phi) is 5.23. The molecule has 3 heteroatoms. The van der Waals surface area contributed by atoms with Gasteiger partial charge in [0.25, 0.3) is 0 Å². The fourth-order valence-electron chi connectivity index (χ4n) is 5.13. The van der Waals surface area contributed by atoms with E-state index in [0.29, 0.717) is 16.3 Å². The van der Waals surface area contributed by atoms with E-state index in [1.807, 2.05) is 0 Å². The van der Waals surface area contributed by atoms with Crippen molar-refractivity contribution in [1.82, 2.24) is 5.32 Å². The molecule has 3 rings (SSSR count). The molecule has 3 fully saturated rings. The van der Waals surface area contributed by atoms with Gasteiger partial charge in [-0.1, -0.05) is 32.1 Å². The van der Waals surface area contributed by atoms with E-state index in [4.69, 9.17) is 4.74 Å². The number of rotatable bonds is 6.